The Morgan fingerprint density at radius 1 is 1.00 bits per heavy atom. The molecule has 0 aromatic heterocycles. The van der Waals surface area contributed by atoms with E-state index in [1.807, 2.05) is 11.9 Å². The fourth-order valence-corrected chi connectivity index (χ4v) is 2.72. The first-order valence-corrected chi connectivity index (χ1v) is 8.61. The number of aliphatic hydroxyl groups is 1. The van der Waals surface area contributed by atoms with Gasteiger partial charge in [0.1, 0.15) is 0 Å². The lowest BCUT2D eigenvalue weighted by Gasteiger charge is -2.20. The normalized spacial score (nSPS) is 12.8. The number of unbranched alkanes of at least 4 members (excludes halogenated alkanes) is 6. The van der Waals surface area contributed by atoms with E-state index in [1.165, 1.54) is 44.9 Å². The molecular formula is C17H35NO3. The van der Waals surface area contributed by atoms with E-state index < -0.39 is 5.97 Å². The van der Waals surface area contributed by atoms with Crippen LogP contribution in [0.25, 0.3) is 0 Å². The first-order chi connectivity index (χ1) is 10.1. The van der Waals surface area contributed by atoms with Crippen LogP contribution in [0.2, 0.25) is 0 Å². The SMILES string of the molecule is CCCCCCCCCC(CCO)CCN(C)CC(=O)O. The van der Waals surface area contributed by atoms with Gasteiger partial charge in [0.25, 0.3) is 0 Å². The standard InChI is InChI=1S/C17H35NO3/c1-3-4-5-6-7-8-9-10-16(12-14-19)11-13-18(2)15-17(20)21/h16,19H,3-15H2,1-2H3,(H,20,21). The molecule has 0 heterocycles. The number of carboxylic acids is 1. The van der Waals surface area contributed by atoms with Crippen LogP contribution in [0.1, 0.15) is 71.1 Å². The van der Waals surface area contributed by atoms with E-state index in [4.69, 9.17) is 10.2 Å². The van der Waals surface area contributed by atoms with E-state index in [-0.39, 0.29) is 13.2 Å². The van der Waals surface area contributed by atoms with Crippen LogP contribution in [0.4, 0.5) is 0 Å². The highest BCUT2D eigenvalue weighted by atomic mass is 16.4. The van der Waals surface area contributed by atoms with Gasteiger partial charge < -0.3 is 10.2 Å². The second kappa shape index (κ2) is 14.3. The molecule has 0 spiro atoms. The summed E-state index contributed by atoms with van der Waals surface area (Å²) in [5, 5.41) is 17.9. The summed E-state index contributed by atoms with van der Waals surface area (Å²) in [6, 6.07) is 0. The maximum atomic E-state index is 10.6. The van der Waals surface area contributed by atoms with Gasteiger partial charge in [-0.05, 0) is 32.4 Å². The average Bonchev–Trinajstić information content (AvgIpc) is 2.43. The molecule has 0 fully saturated rings. The van der Waals surface area contributed by atoms with Crippen LogP contribution in [-0.4, -0.2) is 47.8 Å². The molecule has 1 atom stereocenters. The molecule has 0 amide bonds. The molecule has 0 bridgehead atoms. The van der Waals surface area contributed by atoms with Crippen LogP contribution in [-0.2, 0) is 4.79 Å². The molecule has 0 aliphatic heterocycles. The van der Waals surface area contributed by atoms with Crippen LogP contribution in [0, 0.1) is 5.92 Å². The molecule has 0 saturated carbocycles. The zero-order chi connectivity index (χ0) is 15.9. The predicted octanol–water partition coefficient (Wildman–Crippen LogP) is 3.53. The molecule has 0 rings (SSSR count). The lowest BCUT2D eigenvalue weighted by atomic mass is 9.94. The molecule has 126 valence electrons. The van der Waals surface area contributed by atoms with Gasteiger partial charge in [-0.2, -0.15) is 0 Å². The lowest BCUT2D eigenvalue weighted by molar-refractivity contribution is -0.138. The van der Waals surface area contributed by atoms with Crippen molar-refractivity contribution < 1.29 is 15.0 Å². The molecule has 2 N–H and O–H groups in total. The molecular weight excluding hydrogens is 266 g/mol. The van der Waals surface area contributed by atoms with Crippen molar-refractivity contribution in [2.75, 3.05) is 26.7 Å². The molecule has 21 heavy (non-hydrogen) atoms. The van der Waals surface area contributed by atoms with Crippen molar-refractivity contribution in [1.29, 1.82) is 0 Å². The quantitative estimate of drug-likeness (QED) is 0.454. The fourth-order valence-electron chi connectivity index (χ4n) is 2.72. The smallest absolute Gasteiger partial charge is 0.317 e. The Balaban J connectivity index is 3.68. The minimum Gasteiger partial charge on any atom is -0.480 e. The van der Waals surface area contributed by atoms with E-state index in [0.29, 0.717) is 5.92 Å². The van der Waals surface area contributed by atoms with Crippen molar-refractivity contribution in [2.24, 2.45) is 5.92 Å². The number of hydrogen-bond donors (Lipinski definition) is 2. The maximum Gasteiger partial charge on any atom is 0.317 e. The summed E-state index contributed by atoms with van der Waals surface area (Å²) in [4.78, 5) is 12.5. The molecule has 0 aromatic rings. The monoisotopic (exact) mass is 301 g/mol. The number of hydrogen-bond acceptors (Lipinski definition) is 3. The highest BCUT2D eigenvalue weighted by Crippen LogP contribution is 2.18. The van der Waals surface area contributed by atoms with Crippen molar-refractivity contribution in [3.05, 3.63) is 0 Å². The minimum atomic E-state index is -0.775. The Morgan fingerprint density at radius 3 is 2.19 bits per heavy atom. The summed E-state index contributed by atoms with van der Waals surface area (Å²) in [6.45, 7) is 3.38. The Hall–Kier alpha value is -0.610. The van der Waals surface area contributed by atoms with E-state index in [2.05, 4.69) is 6.92 Å². The van der Waals surface area contributed by atoms with Gasteiger partial charge in [0.15, 0.2) is 0 Å². The van der Waals surface area contributed by atoms with Gasteiger partial charge in [0.05, 0.1) is 6.54 Å². The zero-order valence-corrected chi connectivity index (χ0v) is 14.0. The Morgan fingerprint density at radius 2 is 1.62 bits per heavy atom. The largest absolute Gasteiger partial charge is 0.480 e. The third kappa shape index (κ3) is 14.1. The number of likely N-dealkylation sites (N-methyl/N-ethyl adjacent to an activating group) is 1. The molecule has 0 aliphatic rings. The van der Waals surface area contributed by atoms with Gasteiger partial charge in [-0.25, -0.2) is 0 Å². The van der Waals surface area contributed by atoms with Gasteiger partial charge in [-0.15, -0.1) is 0 Å². The molecule has 4 nitrogen and oxygen atoms in total. The van der Waals surface area contributed by atoms with E-state index >= 15 is 0 Å². The van der Waals surface area contributed by atoms with Crippen LogP contribution < -0.4 is 0 Å². The number of nitrogens with zero attached hydrogens (tertiary/aromatic N) is 1. The molecule has 0 radical (unpaired) electrons. The average molecular weight is 301 g/mol. The van der Waals surface area contributed by atoms with Crippen molar-refractivity contribution in [2.45, 2.75) is 71.1 Å². The number of carboxylic acid groups (broad SMARTS) is 1. The summed E-state index contributed by atoms with van der Waals surface area (Å²) in [7, 11) is 1.85. The first kappa shape index (κ1) is 20.4. The Kier molecular flexibility index (Phi) is 13.9. The summed E-state index contributed by atoms with van der Waals surface area (Å²) < 4.78 is 0. The van der Waals surface area contributed by atoms with Gasteiger partial charge in [-0.1, -0.05) is 58.3 Å². The predicted molar refractivity (Wildman–Crippen MR) is 87.6 cm³/mol. The maximum absolute atomic E-state index is 10.6. The number of rotatable bonds is 15. The molecule has 1 unspecified atom stereocenters. The summed E-state index contributed by atoms with van der Waals surface area (Å²) >= 11 is 0. The molecule has 0 aromatic carbocycles. The van der Waals surface area contributed by atoms with E-state index in [9.17, 15) is 4.79 Å². The van der Waals surface area contributed by atoms with E-state index in [0.717, 1.165) is 25.8 Å². The summed E-state index contributed by atoms with van der Waals surface area (Å²) in [5.74, 6) is -0.245. The van der Waals surface area contributed by atoms with Crippen molar-refractivity contribution in [3.63, 3.8) is 0 Å². The van der Waals surface area contributed by atoms with E-state index in [1.54, 1.807) is 0 Å². The molecule has 4 heteroatoms. The highest BCUT2D eigenvalue weighted by molar-refractivity contribution is 5.68. The van der Waals surface area contributed by atoms with Crippen LogP contribution in [0.15, 0.2) is 0 Å². The van der Waals surface area contributed by atoms with Crippen LogP contribution >= 0.6 is 0 Å². The number of aliphatic carboxylic acids is 1. The second-order valence-corrected chi connectivity index (χ2v) is 6.21. The van der Waals surface area contributed by atoms with Crippen molar-refractivity contribution in [3.8, 4) is 0 Å². The first-order valence-electron chi connectivity index (χ1n) is 8.61. The van der Waals surface area contributed by atoms with Crippen molar-refractivity contribution in [1.82, 2.24) is 4.90 Å². The summed E-state index contributed by atoms with van der Waals surface area (Å²) in [6.07, 6.45) is 12.2. The Labute approximate surface area is 130 Å². The summed E-state index contributed by atoms with van der Waals surface area (Å²) in [5.41, 5.74) is 0. The van der Waals surface area contributed by atoms with Gasteiger partial charge in [0, 0.05) is 6.61 Å². The van der Waals surface area contributed by atoms with Gasteiger partial charge >= 0.3 is 5.97 Å². The van der Waals surface area contributed by atoms with Crippen molar-refractivity contribution >= 4 is 5.97 Å². The number of carbonyl (C=O) groups is 1. The highest BCUT2D eigenvalue weighted by Gasteiger charge is 2.11. The van der Waals surface area contributed by atoms with Gasteiger partial charge in [0.2, 0.25) is 0 Å². The Bertz CT molecular complexity index is 246. The van der Waals surface area contributed by atoms with Crippen LogP contribution in [0.5, 0.6) is 0 Å². The number of aliphatic hydroxyl groups excluding tert-OH is 1. The zero-order valence-electron chi connectivity index (χ0n) is 14.0. The third-order valence-corrected chi connectivity index (χ3v) is 4.08. The molecule has 0 saturated heterocycles. The fraction of sp³-hybridized carbons (Fsp3) is 0.941. The third-order valence-electron chi connectivity index (χ3n) is 4.08. The molecule has 0 aliphatic carbocycles. The lowest BCUT2D eigenvalue weighted by Crippen LogP contribution is -2.28. The van der Waals surface area contributed by atoms with Crippen LogP contribution in [0.3, 0.4) is 0 Å². The second-order valence-electron chi connectivity index (χ2n) is 6.21. The minimum absolute atomic E-state index is 0.100. The van der Waals surface area contributed by atoms with Gasteiger partial charge in [-0.3, -0.25) is 9.69 Å². The topological polar surface area (TPSA) is 60.8 Å².